The maximum atomic E-state index is 10.3. The van der Waals surface area contributed by atoms with Gasteiger partial charge in [-0.15, -0.1) is 0 Å². The molecule has 2 heteroatoms. The second-order valence-electron chi connectivity index (χ2n) is 11.9. The van der Waals surface area contributed by atoms with Crippen LogP contribution in [0.5, 0.6) is 11.5 Å². The molecule has 31 heavy (non-hydrogen) atoms. The van der Waals surface area contributed by atoms with Crippen molar-refractivity contribution in [1.29, 1.82) is 0 Å². The van der Waals surface area contributed by atoms with Crippen LogP contribution in [0.2, 0.25) is 0 Å². The molecule has 0 bridgehead atoms. The van der Waals surface area contributed by atoms with Crippen LogP contribution in [-0.4, -0.2) is 10.2 Å². The Hall–Kier alpha value is -1.96. The van der Waals surface area contributed by atoms with Crippen LogP contribution in [0.1, 0.15) is 110 Å². The Morgan fingerprint density at radius 1 is 0.710 bits per heavy atom. The first-order chi connectivity index (χ1) is 14.0. The van der Waals surface area contributed by atoms with E-state index in [0.717, 1.165) is 23.1 Å². The molecule has 174 valence electrons. The number of aryl methyl sites for hydroxylation is 2. The minimum atomic E-state index is -0.00859. The van der Waals surface area contributed by atoms with Crippen molar-refractivity contribution < 1.29 is 10.2 Å². The minimum Gasteiger partial charge on any atom is -0.508 e. The van der Waals surface area contributed by atoms with Crippen molar-refractivity contribution in [1.82, 2.24) is 0 Å². The SMILES string of the molecule is CC(C)(C)c1cccc(C(C)(C)C)c1O.CCCCc1cc(C(C)(C)C)c(O)cc1C. The molecule has 2 aromatic rings. The van der Waals surface area contributed by atoms with Gasteiger partial charge in [-0.2, -0.15) is 0 Å². The molecule has 0 aliphatic carbocycles. The number of aromatic hydroxyl groups is 2. The molecule has 0 fully saturated rings. The summed E-state index contributed by atoms with van der Waals surface area (Å²) in [5.74, 6) is 0.891. The molecule has 0 heterocycles. The van der Waals surface area contributed by atoms with Crippen molar-refractivity contribution in [3.63, 3.8) is 0 Å². The van der Waals surface area contributed by atoms with Gasteiger partial charge in [-0.3, -0.25) is 0 Å². The molecule has 0 aliphatic heterocycles. The third kappa shape index (κ3) is 7.59. The van der Waals surface area contributed by atoms with Crippen LogP contribution in [0.4, 0.5) is 0 Å². The van der Waals surface area contributed by atoms with Gasteiger partial charge in [0.15, 0.2) is 0 Å². The van der Waals surface area contributed by atoms with E-state index in [1.165, 1.54) is 24.0 Å². The Morgan fingerprint density at radius 2 is 1.16 bits per heavy atom. The molecule has 0 unspecified atom stereocenters. The van der Waals surface area contributed by atoms with Gasteiger partial charge in [0.1, 0.15) is 11.5 Å². The molecule has 0 saturated carbocycles. The predicted molar refractivity (Wildman–Crippen MR) is 136 cm³/mol. The quantitative estimate of drug-likeness (QED) is 0.518. The van der Waals surface area contributed by atoms with Gasteiger partial charge in [-0.1, -0.05) is 99.9 Å². The van der Waals surface area contributed by atoms with Gasteiger partial charge in [-0.05, 0) is 69.9 Å². The monoisotopic (exact) mass is 426 g/mol. The van der Waals surface area contributed by atoms with Crippen LogP contribution in [0.3, 0.4) is 0 Å². The van der Waals surface area contributed by atoms with Gasteiger partial charge in [0.2, 0.25) is 0 Å². The number of phenols is 2. The maximum absolute atomic E-state index is 10.3. The van der Waals surface area contributed by atoms with Crippen LogP contribution in [0.15, 0.2) is 30.3 Å². The first kappa shape index (κ1) is 27.1. The number of rotatable bonds is 3. The summed E-state index contributed by atoms with van der Waals surface area (Å²) in [7, 11) is 0. The summed E-state index contributed by atoms with van der Waals surface area (Å²) in [6, 6.07) is 10.1. The lowest BCUT2D eigenvalue weighted by Crippen LogP contribution is -2.16. The number of hydrogen-bond acceptors (Lipinski definition) is 2. The molecule has 0 aromatic heterocycles. The van der Waals surface area contributed by atoms with Crippen molar-refractivity contribution in [3.05, 3.63) is 58.1 Å². The molecule has 2 N–H and O–H groups in total. The van der Waals surface area contributed by atoms with Gasteiger partial charge in [-0.25, -0.2) is 0 Å². The summed E-state index contributed by atoms with van der Waals surface area (Å²) in [4.78, 5) is 0. The molecule has 0 spiro atoms. The average Bonchev–Trinajstić information content (AvgIpc) is 2.58. The van der Waals surface area contributed by atoms with E-state index < -0.39 is 0 Å². The Labute approximate surface area is 191 Å². The lowest BCUT2D eigenvalue weighted by atomic mass is 9.80. The molecule has 0 saturated heterocycles. The fraction of sp³-hybridized carbons (Fsp3) is 0.586. The number of phenolic OH excluding ortho intramolecular Hbond substituents is 2. The van der Waals surface area contributed by atoms with E-state index in [1.807, 2.05) is 24.3 Å². The Kier molecular flexibility index (Phi) is 8.83. The van der Waals surface area contributed by atoms with E-state index >= 15 is 0 Å². The minimum absolute atomic E-state index is 0.00859. The van der Waals surface area contributed by atoms with Crippen LogP contribution in [0.25, 0.3) is 0 Å². The summed E-state index contributed by atoms with van der Waals surface area (Å²) in [6.07, 6.45) is 3.55. The van der Waals surface area contributed by atoms with Gasteiger partial charge >= 0.3 is 0 Å². The van der Waals surface area contributed by atoms with Gasteiger partial charge in [0.05, 0.1) is 0 Å². The fourth-order valence-electron chi connectivity index (χ4n) is 3.73. The predicted octanol–water partition coefficient (Wildman–Crippen LogP) is 8.33. The van der Waals surface area contributed by atoms with E-state index in [0.29, 0.717) is 11.5 Å². The molecular weight excluding hydrogens is 380 g/mol. The molecule has 2 rings (SSSR count). The molecular formula is C29H46O2. The average molecular weight is 427 g/mol. The molecule has 2 aromatic carbocycles. The summed E-state index contributed by atoms with van der Waals surface area (Å²) < 4.78 is 0. The van der Waals surface area contributed by atoms with E-state index in [-0.39, 0.29) is 16.2 Å². The molecule has 0 aliphatic rings. The summed E-state index contributed by atoms with van der Waals surface area (Å²) >= 11 is 0. The highest BCUT2D eigenvalue weighted by Gasteiger charge is 2.24. The summed E-state index contributed by atoms with van der Waals surface area (Å²) in [5.41, 5.74) is 5.69. The first-order valence-corrected chi connectivity index (χ1v) is 11.7. The van der Waals surface area contributed by atoms with Crippen molar-refractivity contribution in [2.45, 2.75) is 112 Å². The van der Waals surface area contributed by atoms with Crippen LogP contribution in [-0.2, 0) is 22.7 Å². The normalized spacial score (nSPS) is 12.4. The number of hydrogen-bond donors (Lipinski definition) is 2. The van der Waals surface area contributed by atoms with Gasteiger partial charge < -0.3 is 10.2 Å². The Balaban J connectivity index is 0.000000311. The smallest absolute Gasteiger partial charge is 0.123 e. The van der Waals surface area contributed by atoms with Crippen molar-refractivity contribution >= 4 is 0 Å². The lowest BCUT2D eigenvalue weighted by molar-refractivity contribution is 0.423. The van der Waals surface area contributed by atoms with Crippen molar-refractivity contribution in [2.75, 3.05) is 0 Å². The molecule has 0 amide bonds. The van der Waals surface area contributed by atoms with Crippen LogP contribution in [0, 0.1) is 6.92 Å². The van der Waals surface area contributed by atoms with Crippen LogP contribution < -0.4 is 0 Å². The fourth-order valence-corrected chi connectivity index (χ4v) is 3.73. The van der Waals surface area contributed by atoms with Crippen molar-refractivity contribution in [2.24, 2.45) is 0 Å². The number of benzene rings is 2. The Bertz CT molecular complexity index is 824. The highest BCUT2D eigenvalue weighted by Crippen LogP contribution is 2.38. The highest BCUT2D eigenvalue weighted by molar-refractivity contribution is 5.47. The topological polar surface area (TPSA) is 40.5 Å². The van der Waals surface area contributed by atoms with E-state index in [9.17, 15) is 10.2 Å². The zero-order chi connectivity index (χ0) is 24.2. The van der Waals surface area contributed by atoms with Gasteiger partial charge in [0, 0.05) is 0 Å². The highest BCUT2D eigenvalue weighted by atomic mass is 16.3. The second-order valence-corrected chi connectivity index (χ2v) is 11.9. The second kappa shape index (κ2) is 10.1. The van der Waals surface area contributed by atoms with E-state index in [4.69, 9.17) is 0 Å². The Morgan fingerprint density at radius 3 is 1.55 bits per heavy atom. The summed E-state index contributed by atoms with van der Waals surface area (Å²) in [6.45, 7) is 23.4. The maximum Gasteiger partial charge on any atom is 0.123 e. The number of para-hydroxylation sites is 1. The van der Waals surface area contributed by atoms with Gasteiger partial charge in [0.25, 0.3) is 0 Å². The van der Waals surface area contributed by atoms with Crippen LogP contribution >= 0.6 is 0 Å². The largest absolute Gasteiger partial charge is 0.508 e. The first-order valence-electron chi connectivity index (χ1n) is 11.7. The molecule has 0 radical (unpaired) electrons. The number of unbranched alkanes of at least 4 members (excludes halogenated alkanes) is 1. The zero-order valence-electron chi connectivity index (χ0n) is 21.9. The third-order valence-corrected chi connectivity index (χ3v) is 5.71. The lowest BCUT2D eigenvalue weighted by Gasteiger charge is -2.26. The zero-order valence-corrected chi connectivity index (χ0v) is 21.9. The standard InChI is InChI=1S/C15H24O.C14H22O/c1-6-7-8-12-10-13(15(3,4)5)14(16)9-11(12)2;1-13(2,3)10-8-7-9-11(12(10)15)14(4,5)6/h9-10,16H,6-8H2,1-5H3;7-9,15H,1-6H3. The molecule has 0 atom stereocenters. The summed E-state index contributed by atoms with van der Waals surface area (Å²) in [5, 5.41) is 20.2. The molecule has 2 nitrogen and oxygen atoms in total. The van der Waals surface area contributed by atoms with E-state index in [2.05, 4.69) is 82.2 Å². The van der Waals surface area contributed by atoms with E-state index in [1.54, 1.807) is 0 Å². The van der Waals surface area contributed by atoms with Crippen molar-refractivity contribution in [3.8, 4) is 11.5 Å². The third-order valence-electron chi connectivity index (χ3n) is 5.71.